The molecule has 0 fully saturated rings. The summed E-state index contributed by atoms with van der Waals surface area (Å²) in [5.74, 6) is 0.586. The van der Waals surface area contributed by atoms with Crippen molar-refractivity contribution < 1.29 is 14.6 Å². The van der Waals surface area contributed by atoms with Gasteiger partial charge in [0.2, 0.25) is 5.91 Å². The van der Waals surface area contributed by atoms with Crippen LogP contribution in [0.25, 0.3) is 0 Å². The summed E-state index contributed by atoms with van der Waals surface area (Å²) < 4.78 is 5.05. The second-order valence-electron chi connectivity index (χ2n) is 4.48. The van der Waals surface area contributed by atoms with Crippen LogP contribution in [-0.2, 0) is 4.79 Å². The number of amides is 1. The van der Waals surface area contributed by atoms with Gasteiger partial charge in [0, 0.05) is 12.2 Å². The van der Waals surface area contributed by atoms with Crippen molar-refractivity contribution in [2.75, 3.05) is 25.5 Å². The Morgan fingerprint density at radius 1 is 1.33 bits per heavy atom. The lowest BCUT2D eigenvalue weighted by molar-refractivity contribution is -0.115. The van der Waals surface area contributed by atoms with Gasteiger partial charge in [-0.1, -0.05) is 0 Å². The molecule has 0 aliphatic carbocycles. The van der Waals surface area contributed by atoms with Crippen LogP contribution in [-0.4, -0.2) is 31.2 Å². The van der Waals surface area contributed by atoms with Crippen LogP contribution in [0, 0.1) is 0 Å². The van der Waals surface area contributed by atoms with E-state index in [9.17, 15) is 9.90 Å². The quantitative estimate of drug-likeness (QED) is 0.732. The summed E-state index contributed by atoms with van der Waals surface area (Å²) in [6.07, 6.45) is -0.593. The number of aliphatic hydroxyl groups excluding tert-OH is 1. The van der Waals surface area contributed by atoms with E-state index in [2.05, 4.69) is 10.6 Å². The molecule has 0 bridgehead atoms. The van der Waals surface area contributed by atoms with Gasteiger partial charge in [0.25, 0.3) is 0 Å². The summed E-state index contributed by atoms with van der Waals surface area (Å²) >= 11 is 1.54. The molecule has 3 N–H and O–H groups in total. The third kappa shape index (κ3) is 4.86. The van der Waals surface area contributed by atoms with Gasteiger partial charge in [-0.25, -0.2) is 0 Å². The van der Waals surface area contributed by atoms with Crippen molar-refractivity contribution in [1.82, 2.24) is 5.32 Å². The van der Waals surface area contributed by atoms with E-state index in [-0.39, 0.29) is 12.5 Å². The SMILES string of the molecule is COc1ccc(NC(=O)CNCC(O)c2ccsc2)cc1. The normalized spacial score (nSPS) is 11.9. The number of carbonyl (C=O) groups excluding carboxylic acids is 1. The summed E-state index contributed by atoms with van der Waals surface area (Å²) in [6.45, 7) is 0.486. The average Bonchev–Trinajstić information content (AvgIpc) is 3.02. The molecule has 1 amide bonds. The molecule has 5 nitrogen and oxygen atoms in total. The summed E-state index contributed by atoms with van der Waals surface area (Å²) in [6, 6.07) is 8.98. The van der Waals surface area contributed by atoms with Crippen molar-refractivity contribution in [3.05, 3.63) is 46.7 Å². The van der Waals surface area contributed by atoms with E-state index in [0.717, 1.165) is 11.3 Å². The van der Waals surface area contributed by atoms with E-state index in [4.69, 9.17) is 4.74 Å². The van der Waals surface area contributed by atoms with Crippen molar-refractivity contribution >= 4 is 22.9 Å². The first-order chi connectivity index (χ1) is 10.2. The van der Waals surface area contributed by atoms with Gasteiger partial charge in [0.1, 0.15) is 5.75 Å². The number of anilines is 1. The van der Waals surface area contributed by atoms with E-state index in [1.807, 2.05) is 16.8 Å². The van der Waals surface area contributed by atoms with Gasteiger partial charge in [-0.15, -0.1) is 0 Å². The van der Waals surface area contributed by atoms with E-state index >= 15 is 0 Å². The molecule has 1 heterocycles. The Hall–Kier alpha value is -1.89. The van der Waals surface area contributed by atoms with Crippen molar-refractivity contribution in [3.63, 3.8) is 0 Å². The molecule has 1 aromatic carbocycles. The highest BCUT2D eigenvalue weighted by Gasteiger charge is 2.08. The third-order valence-electron chi connectivity index (χ3n) is 2.92. The van der Waals surface area contributed by atoms with Crippen LogP contribution in [0.15, 0.2) is 41.1 Å². The van der Waals surface area contributed by atoms with Gasteiger partial charge in [0.15, 0.2) is 0 Å². The second-order valence-corrected chi connectivity index (χ2v) is 5.26. The first-order valence-electron chi connectivity index (χ1n) is 6.54. The van der Waals surface area contributed by atoms with E-state index in [0.29, 0.717) is 12.2 Å². The number of hydrogen-bond donors (Lipinski definition) is 3. The molecular weight excluding hydrogens is 288 g/mol. The highest BCUT2D eigenvalue weighted by atomic mass is 32.1. The molecule has 1 atom stereocenters. The molecule has 0 saturated heterocycles. The Bertz CT molecular complexity index is 555. The number of methoxy groups -OCH3 is 1. The Balaban J connectivity index is 1.72. The largest absolute Gasteiger partial charge is 0.497 e. The predicted octanol–water partition coefficient (Wildman–Crippen LogP) is 2.02. The van der Waals surface area contributed by atoms with Gasteiger partial charge in [-0.2, -0.15) is 11.3 Å². The zero-order valence-corrected chi connectivity index (χ0v) is 12.5. The van der Waals surface area contributed by atoms with Crippen LogP contribution in [0.3, 0.4) is 0 Å². The van der Waals surface area contributed by atoms with E-state index < -0.39 is 6.10 Å². The Kier molecular flexibility index (Phi) is 5.74. The van der Waals surface area contributed by atoms with Crippen molar-refractivity contribution in [2.24, 2.45) is 0 Å². The zero-order chi connectivity index (χ0) is 15.1. The lowest BCUT2D eigenvalue weighted by Gasteiger charge is -2.11. The smallest absolute Gasteiger partial charge is 0.238 e. The molecule has 1 aromatic heterocycles. The van der Waals surface area contributed by atoms with Crippen LogP contribution in [0.1, 0.15) is 11.7 Å². The Morgan fingerprint density at radius 3 is 2.71 bits per heavy atom. The Labute approximate surface area is 127 Å². The Morgan fingerprint density at radius 2 is 2.10 bits per heavy atom. The molecule has 0 saturated carbocycles. The van der Waals surface area contributed by atoms with Crippen LogP contribution in [0.4, 0.5) is 5.69 Å². The summed E-state index contributed by atoms with van der Waals surface area (Å²) in [4.78, 5) is 11.8. The third-order valence-corrected chi connectivity index (χ3v) is 3.63. The fourth-order valence-corrected chi connectivity index (χ4v) is 2.49. The molecule has 0 aliphatic rings. The molecule has 2 rings (SSSR count). The molecule has 0 spiro atoms. The van der Waals surface area contributed by atoms with E-state index in [1.54, 1.807) is 31.4 Å². The van der Waals surface area contributed by atoms with Gasteiger partial charge >= 0.3 is 0 Å². The highest BCUT2D eigenvalue weighted by Crippen LogP contribution is 2.15. The minimum atomic E-state index is -0.593. The molecule has 1 unspecified atom stereocenters. The molecule has 6 heteroatoms. The monoisotopic (exact) mass is 306 g/mol. The summed E-state index contributed by atoms with van der Waals surface area (Å²) in [5, 5.41) is 19.4. The lowest BCUT2D eigenvalue weighted by atomic mass is 10.2. The summed E-state index contributed by atoms with van der Waals surface area (Å²) in [7, 11) is 1.59. The number of aliphatic hydroxyl groups is 1. The molecular formula is C15H18N2O3S. The van der Waals surface area contributed by atoms with Crippen molar-refractivity contribution in [2.45, 2.75) is 6.10 Å². The maximum Gasteiger partial charge on any atom is 0.238 e. The molecule has 0 aliphatic heterocycles. The number of rotatable bonds is 7. The predicted molar refractivity (Wildman–Crippen MR) is 83.8 cm³/mol. The first-order valence-corrected chi connectivity index (χ1v) is 7.48. The van der Waals surface area contributed by atoms with E-state index in [1.165, 1.54) is 11.3 Å². The first kappa shape index (κ1) is 15.5. The summed E-state index contributed by atoms with van der Waals surface area (Å²) in [5.41, 5.74) is 1.57. The standard InChI is InChI=1S/C15H18N2O3S/c1-20-13-4-2-12(3-5-13)17-15(19)9-16-8-14(18)11-6-7-21-10-11/h2-7,10,14,16,18H,8-9H2,1H3,(H,17,19). The minimum absolute atomic E-state index is 0.146. The van der Waals surface area contributed by atoms with Crippen LogP contribution in [0.2, 0.25) is 0 Å². The zero-order valence-electron chi connectivity index (χ0n) is 11.7. The molecule has 112 valence electrons. The number of hydrogen-bond acceptors (Lipinski definition) is 5. The lowest BCUT2D eigenvalue weighted by Crippen LogP contribution is -2.31. The van der Waals surface area contributed by atoms with Crippen LogP contribution < -0.4 is 15.4 Å². The fraction of sp³-hybridized carbons (Fsp3) is 0.267. The van der Waals surface area contributed by atoms with Gasteiger partial charge in [-0.05, 0) is 46.7 Å². The second kappa shape index (κ2) is 7.78. The maximum atomic E-state index is 11.8. The van der Waals surface area contributed by atoms with Crippen LogP contribution >= 0.6 is 11.3 Å². The molecule has 0 radical (unpaired) electrons. The number of nitrogens with one attached hydrogen (secondary N) is 2. The molecule has 21 heavy (non-hydrogen) atoms. The minimum Gasteiger partial charge on any atom is -0.497 e. The van der Waals surface area contributed by atoms with Crippen LogP contribution in [0.5, 0.6) is 5.75 Å². The van der Waals surface area contributed by atoms with Gasteiger partial charge < -0.3 is 20.5 Å². The average molecular weight is 306 g/mol. The number of ether oxygens (including phenoxy) is 1. The number of thiophene rings is 1. The van der Waals surface area contributed by atoms with Crippen molar-refractivity contribution in [3.8, 4) is 5.75 Å². The highest BCUT2D eigenvalue weighted by molar-refractivity contribution is 7.07. The number of carbonyl (C=O) groups is 1. The fourth-order valence-electron chi connectivity index (χ4n) is 1.78. The molecule has 2 aromatic rings. The van der Waals surface area contributed by atoms with Gasteiger partial charge in [-0.3, -0.25) is 4.79 Å². The maximum absolute atomic E-state index is 11.8. The number of benzene rings is 1. The topological polar surface area (TPSA) is 70.6 Å². The van der Waals surface area contributed by atoms with Crippen molar-refractivity contribution in [1.29, 1.82) is 0 Å². The van der Waals surface area contributed by atoms with Gasteiger partial charge in [0.05, 0.1) is 19.8 Å².